The Bertz CT molecular complexity index is 979. The second kappa shape index (κ2) is 9.96. The van der Waals surface area contributed by atoms with Crippen LogP contribution >= 0.6 is 11.8 Å². The highest BCUT2D eigenvalue weighted by atomic mass is 32.2. The highest BCUT2D eigenvalue weighted by Gasteiger charge is 2.37. The first-order valence-electron chi connectivity index (χ1n) is 10.1. The van der Waals surface area contributed by atoms with Crippen LogP contribution in [0, 0.1) is 11.3 Å². The van der Waals surface area contributed by atoms with Gasteiger partial charge in [-0.15, -0.1) is 0 Å². The number of carbonyl (C=O) groups excluding carboxylic acids is 1. The van der Waals surface area contributed by atoms with Crippen LogP contribution in [-0.2, 0) is 4.79 Å². The summed E-state index contributed by atoms with van der Waals surface area (Å²) < 4.78 is 5.13. The molecule has 1 unspecified atom stereocenters. The summed E-state index contributed by atoms with van der Waals surface area (Å²) in [6.07, 6.45) is 4.16. The Kier molecular flexibility index (Phi) is 7.34. The number of amides is 1. The summed E-state index contributed by atoms with van der Waals surface area (Å²) in [4.78, 5) is 31.2. The summed E-state index contributed by atoms with van der Waals surface area (Å²) in [5, 5.41) is 16.5. The number of carbonyl (C=O) groups is 1. The number of piperidine rings is 1. The zero-order valence-corrected chi connectivity index (χ0v) is 18.1. The lowest BCUT2D eigenvalue weighted by Gasteiger charge is -2.38. The lowest BCUT2D eigenvalue weighted by Crippen LogP contribution is -2.57. The summed E-state index contributed by atoms with van der Waals surface area (Å²) >= 11 is 1.50. The zero-order chi connectivity index (χ0) is 21.6. The van der Waals surface area contributed by atoms with Gasteiger partial charge in [-0.2, -0.15) is 22.0 Å². The smallest absolute Gasteiger partial charge is 0.408 e. The number of benzene rings is 1. The number of hydrogen-bond acceptors (Lipinski definition) is 8. The molecular weight excluding hydrogens is 402 g/mol. The summed E-state index contributed by atoms with van der Waals surface area (Å²) in [6, 6.07) is 8.74. The molecule has 0 spiro atoms. The van der Waals surface area contributed by atoms with Crippen LogP contribution in [0.2, 0.25) is 0 Å². The van der Waals surface area contributed by atoms with Crippen LogP contribution < -0.4 is 16.4 Å². The number of anilines is 1. The molecule has 1 aromatic heterocycles. The molecule has 1 aliphatic heterocycles. The Morgan fingerprint density at radius 3 is 2.80 bits per heavy atom. The Hall–Kier alpha value is -2.57. The largest absolute Gasteiger partial charge is 0.441 e. The van der Waals surface area contributed by atoms with Crippen LogP contribution in [0.5, 0.6) is 0 Å². The predicted octanol–water partition coefficient (Wildman–Crippen LogP) is 2.22. The molecule has 2 aromatic rings. The Balaban J connectivity index is 1.77. The maximum Gasteiger partial charge on any atom is 0.441 e. The van der Waals surface area contributed by atoms with Gasteiger partial charge in [0.1, 0.15) is 23.0 Å². The van der Waals surface area contributed by atoms with Crippen LogP contribution in [0.15, 0.2) is 33.5 Å². The van der Waals surface area contributed by atoms with E-state index in [9.17, 15) is 14.9 Å². The lowest BCUT2D eigenvalue weighted by molar-refractivity contribution is -0.123. The molecule has 1 fully saturated rings. The highest BCUT2D eigenvalue weighted by molar-refractivity contribution is 7.98. The van der Waals surface area contributed by atoms with Crippen molar-refractivity contribution in [1.82, 2.24) is 15.2 Å². The number of nitriles is 1. The third-order valence-electron chi connectivity index (χ3n) is 5.33. The third-order valence-corrected chi connectivity index (χ3v) is 6.00. The van der Waals surface area contributed by atoms with Gasteiger partial charge >= 0.3 is 5.76 Å². The molecule has 3 rings (SSSR count). The van der Waals surface area contributed by atoms with Crippen LogP contribution in [0.25, 0.3) is 11.0 Å². The first-order valence-corrected chi connectivity index (χ1v) is 11.5. The van der Waals surface area contributed by atoms with Gasteiger partial charge in [0.25, 0.3) is 0 Å². The molecule has 30 heavy (non-hydrogen) atoms. The number of nitrogens with zero attached hydrogens (tertiary/aromatic N) is 3. The minimum atomic E-state index is -0.870. The maximum absolute atomic E-state index is 13.1. The van der Waals surface area contributed by atoms with Crippen molar-refractivity contribution in [3.8, 4) is 6.07 Å². The minimum Gasteiger partial charge on any atom is -0.408 e. The zero-order valence-electron chi connectivity index (χ0n) is 17.3. The van der Waals surface area contributed by atoms with E-state index < -0.39 is 17.3 Å². The van der Waals surface area contributed by atoms with Gasteiger partial charge in [0.2, 0.25) is 5.91 Å². The maximum atomic E-state index is 13.1. The molecule has 2 heterocycles. The number of nitrogens with one attached hydrogen (secondary N) is 2. The van der Waals surface area contributed by atoms with Crippen LogP contribution in [0.3, 0.4) is 0 Å². The highest BCUT2D eigenvalue weighted by Crippen LogP contribution is 2.24. The SMILES string of the molecule is CCCN1CCC(C#N)(NC(=O)C(CSC)Nc2nc(=O)oc3ccccc23)CC1. The Labute approximate surface area is 180 Å². The molecular formula is C21H27N5O3S. The van der Waals surface area contributed by atoms with Gasteiger partial charge in [0.15, 0.2) is 0 Å². The molecule has 160 valence electrons. The molecule has 0 bridgehead atoms. The van der Waals surface area contributed by atoms with E-state index in [1.807, 2.05) is 12.3 Å². The van der Waals surface area contributed by atoms with Crippen molar-refractivity contribution in [3.63, 3.8) is 0 Å². The van der Waals surface area contributed by atoms with Gasteiger partial charge < -0.3 is 20.0 Å². The number of aromatic nitrogens is 1. The molecule has 0 radical (unpaired) electrons. The molecule has 1 aromatic carbocycles. The van der Waals surface area contributed by atoms with E-state index in [0.29, 0.717) is 35.4 Å². The Morgan fingerprint density at radius 1 is 1.40 bits per heavy atom. The van der Waals surface area contributed by atoms with Gasteiger partial charge in [0, 0.05) is 18.8 Å². The second-order valence-electron chi connectivity index (χ2n) is 7.50. The molecule has 2 N–H and O–H groups in total. The van der Waals surface area contributed by atoms with Crippen LogP contribution in [-0.4, -0.2) is 59.0 Å². The lowest BCUT2D eigenvalue weighted by atomic mass is 9.88. The van der Waals surface area contributed by atoms with E-state index in [-0.39, 0.29) is 5.91 Å². The average molecular weight is 430 g/mol. The minimum absolute atomic E-state index is 0.269. The fourth-order valence-corrected chi connectivity index (χ4v) is 4.27. The van der Waals surface area contributed by atoms with Gasteiger partial charge in [-0.25, -0.2) is 4.79 Å². The topological polar surface area (TPSA) is 111 Å². The predicted molar refractivity (Wildman–Crippen MR) is 119 cm³/mol. The van der Waals surface area contributed by atoms with Gasteiger partial charge in [-0.05, 0) is 44.2 Å². The van der Waals surface area contributed by atoms with Crippen molar-refractivity contribution in [2.24, 2.45) is 0 Å². The molecule has 1 atom stereocenters. The first kappa shape index (κ1) is 22.1. The van der Waals surface area contributed by atoms with Gasteiger partial charge in [0.05, 0.1) is 11.5 Å². The van der Waals surface area contributed by atoms with E-state index in [0.717, 1.165) is 26.1 Å². The van der Waals surface area contributed by atoms with E-state index in [1.54, 1.807) is 18.2 Å². The van der Waals surface area contributed by atoms with E-state index in [1.165, 1.54) is 11.8 Å². The van der Waals surface area contributed by atoms with E-state index in [4.69, 9.17) is 4.42 Å². The van der Waals surface area contributed by atoms with Crippen molar-refractivity contribution >= 4 is 34.5 Å². The summed E-state index contributed by atoms with van der Waals surface area (Å²) in [5.74, 6) is -0.226. The van der Waals surface area contributed by atoms with Crippen molar-refractivity contribution in [3.05, 3.63) is 34.8 Å². The normalized spacial score (nSPS) is 17.2. The van der Waals surface area contributed by atoms with Gasteiger partial charge in [-0.3, -0.25) is 4.79 Å². The second-order valence-corrected chi connectivity index (χ2v) is 8.41. The number of likely N-dealkylation sites (tertiary alicyclic amines) is 1. The molecule has 1 amide bonds. The third kappa shape index (κ3) is 5.12. The fourth-order valence-electron chi connectivity index (χ4n) is 3.71. The van der Waals surface area contributed by atoms with Crippen molar-refractivity contribution < 1.29 is 9.21 Å². The molecule has 0 aliphatic carbocycles. The van der Waals surface area contributed by atoms with Crippen molar-refractivity contribution in [1.29, 1.82) is 5.26 Å². The van der Waals surface area contributed by atoms with Crippen LogP contribution in [0.4, 0.5) is 5.82 Å². The van der Waals surface area contributed by atoms with E-state index in [2.05, 4.69) is 33.5 Å². The van der Waals surface area contributed by atoms with Crippen molar-refractivity contribution in [2.45, 2.75) is 37.8 Å². The summed E-state index contributed by atoms with van der Waals surface area (Å²) in [5.41, 5.74) is -0.467. The van der Waals surface area contributed by atoms with Gasteiger partial charge in [-0.1, -0.05) is 19.1 Å². The number of para-hydroxylation sites is 1. The number of hydrogen-bond donors (Lipinski definition) is 2. The standard InChI is InChI=1S/C21H27N5O3S/c1-3-10-26-11-8-21(14-22,9-12-26)25-19(27)16(13-30-2)23-18-15-6-4-5-7-17(15)29-20(28)24-18/h4-7,16H,3,8-13H2,1-2H3,(H,25,27)(H,23,24,28). The molecule has 1 saturated heterocycles. The molecule has 9 heteroatoms. The van der Waals surface area contributed by atoms with E-state index >= 15 is 0 Å². The number of fused-ring (bicyclic) bond motifs is 1. The quantitative estimate of drug-likeness (QED) is 0.657. The average Bonchev–Trinajstić information content (AvgIpc) is 2.75. The summed E-state index contributed by atoms with van der Waals surface area (Å²) in [6.45, 7) is 4.71. The number of rotatable bonds is 8. The molecule has 0 saturated carbocycles. The molecule has 8 nitrogen and oxygen atoms in total. The fraction of sp³-hybridized carbons (Fsp3) is 0.524. The Morgan fingerprint density at radius 2 is 2.13 bits per heavy atom. The monoisotopic (exact) mass is 429 g/mol. The number of thioether (sulfide) groups is 1. The van der Waals surface area contributed by atoms with Crippen LogP contribution in [0.1, 0.15) is 26.2 Å². The molecule has 1 aliphatic rings. The summed E-state index contributed by atoms with van der Waals surface area (Å²) in [7, 11) is 0. The van der Waals surface area contributed by atoms with Crippen molar-refractivity contribution in [2.75, 3.05) is 37.0 Å². The first-order chi connectivity index (χ1) is 14.5.